The molecule has 0 spiro atoms. The van der Waals surface area contributed by atoms with Gasteiger partial charge in [-0.2, -0.15) is 31.4 Å². The molecule has 0 saturated heterocycles. The number of alkyl halides is 6. The molecule has 136 valence electrons. The molecule has 0 atom stereocenters. The largest absolute Gasteiger partial charge is 0.446 e. The van der Waals surface area contributed by atoms with E-state index in [2.05, 4.69) is 10.3 Å². The standard InChI is InChI=1S/C12H5Cl2F6N3OS/c13-6-1-5(11(15,16)17)2-7(14)10(6)23-4-9(25-12(18,19)20)8(22-23)3-21-24/h1-4,24H. The number of oxime groups is 1. The van der Waals surface area contributed by atoms with Crippen molar-refractivity contribution in [1.82, 2.24) is 9.78 Å². The molecule has 0 amide bonds. The van der Waals surface area contributed by atoms with Crippen LogP contribution in [0.5, 0.6) is 0 Å². The van der Waals surface area contributed by atoms with E-state index in [1.807, 2.05) is 0 Å². The lowest BCUT2D eigenvalue weighted by Gasteiger charge is -2.12. The van der Waals surface area contributed by atoms with Gasteiger partial charge in [-0.15, -0.1) is 0 Å². The summed E-state index contributed by atoms with van der Waals surface area (Å²) >= 11 is 11.0. The minimum absolute atomic E-state index is 0.252. The van der Waals surface area contributed by atoms with Crippen LogP contribution in [-0.4, -0.2) is 26.7 Å². The topological polar surface area (TPSA) is 50.4 Å². The molecular weight excluding hydrogens is 419 g/mol. The second-order valence-corrected chi connectivity index (χ2v) is 6.32. The Bertz CT molecular complexity index is 795. The van der Waals surface area contributed by atoms with Crippen molar-refractivity contribution in [1.29, 1.82) is 0 Å². The van der Waals surface area contributed by atoms with Crippen LogP contribution in [0.25, 0.3) is 5.69 Å². The summed E-state index contributed by atoms with van der Waals surface area (Å²) in [6.07, 6.45) is -3.21. The van der Waals surface area contributed by atoms with Crippen LogP contribution >= 0.6 is 35.0 Å². The quantitative estimate of drug-likeness (QED) is 0.229. The van der Waals surface area contributed by atoms with Crippen molar-refractivity contribution in [2.45, 2.75) is 16.6 Å². The fourth-order valence-corrected chi connectivity index (χ4v) is 3.04. The predicted octanol–water partition coefficient (Wildman–Crippen LogP) is 5.62. The summed E-state index contributed by atoms with van der Waals surface area (Å²) in [5, 5.41) is 13.9. The monoisotopic (exact) mass is 423 g/mol. The van der Waals surface area contributed by atoms with E-state index in [4.69, 9.17) is 28.4 Å². The van der Waals surface area contributed by atoms with Crippen molar-refractivity contribution >= 4 is 41.2 Å². The third-order valence-corrected chi connectivity index (χ3v) is 4.03. The Morgan fingerprint density at radius 1 is 1.12 bits per heavy atom. The maximum atomic E-state index is 12.7. The van der Waals surface area contributed by atoms with Crippen LogP contribution in [0.4, 0.5) is 26.3 Å². The second-order valence-electron chi connectivity index (χ2n) is 4.40. The van der Waals surface area contributed by atoms with Gasteiger partial charge in [-0.3, -0.25) is 0 Å². The van der Waals surface area contributed by atoms with E-state index in [0.29, 0.717) is 18.3 Å². The normalized spacial score (nSPS) is 13.0. The van der Waals surface area contributed by atoms with Gasteiger partial charge in [-0.1, -0.05) is 28.4 Å². The van der Waals surface area contributed by atoms with Crippen molar-refractivity contribution < 1.29 is 31.5 Å². The molecule has 0 unspecified atom stereocenters. The highest BCUT2D eigenvalue weighted by Crippen LogP contribution is 2.40. The minimum atomic E-state index is -4.71. The summed E-state index contributed by atoms with van der Waals surface area (Å²) in [6.45, 7) is 0. The maximum absolute atomic E-state index is 12.7. The Labute approximate surface area is 150 Å². The highest BCUT2D eigenvalue weighted by molar-refractivity contribution is 8.00. The number of hydrogen-bond donors (Lipinski definition) is 1. The van der Waals surface area contributed by atoms with Crippen LogP contribution in [0.15, 0.2) is 28.4 Å². The molecular formula is C12H5Cl2F6N3OS. The smallest absolute Gasteiger partial charge is 0.411 e. The first-order valence-corrected chi connectivity index (χ1v) is 7.59. The number of rotatable bonds is 3. The van der Waals surface area contributed by atoms with E-state index < -0.39 is 44.0 Å². The van der Waals surface area contributed by atoms with Gasteiger partial charge in [0.2, 0.25) is 0 Å². The van der Waals surface area contributed by atoms with Crippen LogP contribution in [0.2, 0.25) is 10.0 Å². The van der Waals surface area contributed by atoms with Crippen LogP contribution < -0.4 is 0 Å². The number of thioether (sulfide) groups is 1. The summed E-state index contributed by atoms with van der Waals surface area (Å²) in [7, 11) is 0. The number of aromatic nitrogens is 2. The zero-order valence-corrected chi connectivity index (χ0v) is 13.9. The van der Waals surface area contributed by atoms with Crippen molar-refractivity contribution in [2.75, 3.05) is 0 Å². The summed E-state index contributed by atoms with van der Waals surface area (Å²) in [5.74, 6) is 0. The van der Waals surface area contributed by atoms with Crippen molar-refractivity contribution in [2.24, 2.45) is 5.16 Å². The van der Waals surface area contributed by atoms with Gasteiger partial charge in [0, 0.05) is 6.20 Å². The molecule has 13 heteroatoms. The maximum Gasteiger partial charge on any atom is 0.446 e. The third-order valence-electron chi connectivity index (χ3n) is 2.69. The fourth-order valence-electron chi connectivity index (χ4n) is 1.78. The highest BCUT2D eigenvalue weighted by Gasteiger charge is 2.34. The van der Waals surface area contributed by atoms with Crippen LogP contribution in [0.3, 0.4) is 0 Å². The molecule has 1 N–H and O–H groups in total. The Morgan fingerprint density at radius 2 is 1.68 bits per heavy atom. The van der Waals surface area contributed by atoms with E-state index in [0.717, 1.165) is 10.9 Å². The third kappa shape index (κ3) is 4.73. The number of nitrogens with zero attached hydrogens (tertiary/aromatic N) is 3. The van der Waals surface area contributed by atoms with Gasteiger partial charge in [0.05, 0.1) is 26.7 Å². The van der Waals surface area contributed by atoms with E-state index in [9.17, 15) is 26.3 Å². The molecule has 0 aliphatic carbocycles. The van der Waals surface area contributed by atoms with Gasteiger partial charge in [-0.25, -0.2) is 4.68 Å². The summed E-state index contributed by atoms with van der Waals surface area (Å²) < 4.78 is 76.6. The lowest BCUT2D eigenvalue weighted by molar-refractivity contribution is -0.137. The van der Waals surface area contributed by atoms with Crippen molar-refractivity contribution in [3.63, 3.8) is 0 Å². The van der Waals surface area contributed by atoms with Gasteiger partial charge in [0.15, 0.2) is 0 Å². The molecule has 1 aromatic carbocycles. The average molecular weight is 424 g/mol. The number of halogens is 8. The first-order chi connectivity index (χ1) is 11.4. The fraction of sp³-hybridized carbons (Fsp3) is 0.167. The molecule has 0 aliphatic rings. The van der Waals surface area contributed by atoms with E-state index in [1.165, 1.54) is 0 Å². The Kier molecular flexibility index (Phi) is 5.50. The van der Waals surface area contributed by atoms with Gasteiger partial charge < -0.3 is 5.21 Å². The van der Waals surface area contributed by atoms with Gasteiger partial charge in [0.25, 0.3) is 0 Å². The Balaban J connectivity index is 2.57. The lowest BCUT2D eigenvalue weighted by atomic mass is 10.2. The van der Waals surface area contributed by atoms with Crippen molar-refractivity contribution in [3.05, 3.63) is 39.6 Å². The summed E-state index contributed by atoms with van der Waals surface area (Å²) in [4.78, 5) is -0.461. The lowest BCUT2D eigenvalue weighted by Crippen LogP contribution is -2.07. The van der Waals surface area contributed by atoms with Gasteiger partial charge in [-0.05, 0) is 23.9 Å². The predicted molar refractivity (Wildman–Crippen MR) is 79.9 cm³/mol. The highest BCUT2D eigenvalue weighted by atomic mass is 35.5. The zero-order chi connectivity index (χ0) is 19.0. The molecule has 25 heavy (non-hydrogen) atoms. The molecule has 4 nitrogen and oxygen atoms in total. The number of benzene rings is 1. The summed E-state index contributed by atoms with van der Waals surface area (Å²) in [5.41, 5.74) is -6.42. The molecule has 0 bridgehead atoms. The average Bonchev–Trinajstić information content (AvgIpc) is 2.77. The van der Waals surface area contributed by atoms with Crippen LogP contribution in [-0.2, 0) is 6.18 Å². The number of hydrogen-bond acceptors (Lipinski definition) is 4. The van der Waals surface area contributed by atoms with Gasteiger partial charge in [0.1, 0.15) is 11.4 Å². The molecule has 1 aromatic heterocycles. The first kappa shape index (κ1) is 19.7. The molecule has 2 rings (SSSR count). The molecule has 0 fully saturated rings. The first-order valence-electron chi connectivity index (χ1n) is 6.02. The Hall–Kier alpha value is -1.59. The van der Waals surface area contributed by atoms with Crippen LogP contribution in [0.1, 0.15) is 11.3 Å². The van der Waals surface area contributed by atoms with Gasteiger partial charge >= 0.3 is 11.7 Å². The molecule has 2 aromatic rings. The van der Waals surface area contributed by atoms with Crippen LogP contribution in [0, 0.1) is 0 Å². The molecule has 1 heterocycles. The SMILES string of the molecule is ON=Cc1nn(-c2c(Cl)cc(C(F)(F)F)cc2Cl)cc1SC(F)(F)F. The molecule has 0 radical (unpaired) electrons. The van der Waals surface area contributed by atoms with Crippen molar-refractivity contribution in [3.8, 4) is 5.69 Å². The second kappa shape index (κ2) is 6.96. The zero-order valence-electron chi connectivity index (χ0n) is 11.5. The van der Waals surface area contributed by atoms with E-state index in [1.54, 1.807) is 0 Å². The van der Waals surface area contributed by atoms with E-state index >= 15 is 0 Å². The molecule has 0 saturated carbocycles. The Morgan fingerprint density at radius 3 is 2.12 bits per heavy atom. The molecule has 0 aliphatic heterocycles. The minimum Gasteiger partial charge on any atom is -0.411 e. The summed E-state index contributed by atoms with van der Waals surface area (Å²) in [6, 6.07) is 1.14. The van der Waals surface area contributed by atoms with E-state index in [-0.39, 0.29) is 11.4 Å².